The standard InChI is InChI=1S/C22H29F6N3O2/c23-21(24,25)15-9-14(10-16(11-15)22(26,27)28)19(32)30-12-13-5-7-31(8-6-13)20(33)17-3-1-2-4-18(17)29/h9-11,13,17-18,20,33H,1-8,12,29H2,(H,30,32)/t17-,18-,20?/m1/s1. The van der Waals surface area contributed by atoms with Crippen LogP contribution in [0.25, 0.3) is 0 Å². The van der Waals surface area contributed by atoms with E-state index >= 15 is 0 Å². The molecule has 1 aliphatic carbocycles. The molecule has 0 aromatic heterocycles. The van der Waals surface area contributed by atoms with Crippen LogP contribution in [0, 0.1) is 11.8 Å². The van der Waals surface area contributed by atoms with E-state index in [1.807, 2.05) is 4.90 Å². The van der Waals surface area contributed by atoms with E-state index in [1.165, 1.54) is 0 Å². The highest BCUT2D eigenvalue weighted by atomic mass is 19.4. The molecule has 0 spiro atoms. The third kappa shape index (κ3) is 6.60. The first-order valence-electron chi connectivity index (χ1n) is 11.1. The summed E-state index contributed by atoms with van der Waals surface area (Å²) in [7, 11) is 0. The summed E-state index contributed by atoms with van der Waals surface area (Å²) < 4.78 is 78.0. The number of amides is 1. The van der Waals surface area contributed by atoms with Gasteiger partial charge in [0.2, 0.25) is 0 Å². The Morgan fingerprint density at radius 1 is 1.00 bits per heavy atom. The Balaban J connectivity index is 1.56. The molecule has 0 radical (unpaired) electrons. The average molecular weight is 481 g/mol. The van der Waals surface area contributed by atoms with Gasteiger partial charge in [-0.1, -0.05) is 12.8 Å². The molecule has 1 aliphatic heterocycles. The van der Waals surface area contributed by atoms with Gasteiger partial charge in [0.15, 0.2) is 0 Å². The number of rotatable bonds is 5. The van der Waals surface area contributed by atoms with Crippen LogP contribution >= 0.6 is 0 Å². The molecule has 3 atom stereocenters. The molecule has 1 amide bonds. The fourth-order valence-corrected chi connectivity index (χ4v) is 4.68. The number of aliphatic hydroxyl groups excluding tert-OH is 1. The van der Waals surface area contributed by atoms with Gasteiger partial charge in [-0.05, 0) is 49.8 Å². The molecule has 1 aromatic rings. The fourth-order valence-electron chi connectivity index (χ4n) is 4.68. The Kier molecular flexibility index (Phi) is 7.95. The first kappa shape index (κ1) is 25.8. The quantitative estimate of drug-likeness (QED) is 0.556. The maximum absolute atomic E-state index is 13.0. The summed E-state index contributed by atoms with van der Waals surface area (Å²) in [6.45, 7) is 1.28. The lowest BCUT2D eigenvalue weighted by atomic mass is 9.82. The van der Waals surface area contributed by atoms with Crippen LogP contribution < -0.4 is 11.1 Å². The second-order valence-electron chi connectivity index (χ2n) is 9.01. The number of hydrogen-bond donors (Lipinski definition) is 3. The number of carbonyl (C=O) groups excluding carboxylic acids is 1. The Bertz CT molecular complexity index is 789. The van der Waals surface area contributed by atoms with Gasteiger partial charge in [-0.25, -0.2) is 0 Å². The highest BCUT2D eigenvalue weighted by Crippen LogP contribution is 2.36. The number of halogens is 6. The predicted molar refractivity (Wildman–Crippen MR) is 109 cm³/mol. The van der Waals surface area contributed by atoms with Crippen LogP contribution in [0.3, 0.4) is 0 Å². The number of alkyl halides is 6. The Hall–Kier alpha value is -1.85. The zero-order chi connectivity index (χ0) is 24.4. The number of carbonyl (C=O) groups is 1. The molecular weight excluding hydrogens is 452 g/mol. The molecule has 11 heteroatoms. The van der Waals surface area contributed by atoms with Gasteiger partial charge in [0.05, 0.1) is 11.1 Å². The van der Waals surface area contributed by atoms with E-state index in [0.29, 0.717) is 38.1 Å². The molecule has 2 fully saturated rings. The van der Waals surface area contributed by atoms with Crippen molar-refractivity contribution in [2.75, 3.05) is 19.6 Å². The van der Waals surface area contributed by atoms with Crippen molar-refractivity contribution >= 4 is 5.91 Å². The van der Waals surface area contributed by atoms with Gasteiger partial charge in [0, 0.05) is 37.2 Å². The minimum absolute atomic E-state index is 0.00394. The minimum Gasteiger partial charge on any atom is -0.378 e. The van der Waals surface area contributed by atoms with Crippen LogP contribution in [0.15, 0.2) is 18.2 Å². The highest BCUT2D eigenvalue weighted by molar-refractivity contribution is 5.94. The number of aliphatic hydroxyl groups is 1. The molecule has 186 valence electrons. The van der Waals surface area contributed by atoms with Crippen molar-refractivity contribution in [1.29, 1.82) is 0 Å². The molecule has 1 aromatic carbocycles. The second kappa shape index (κ2) is 10.2. The van der Waals surface area contributed by atoms with Crippen molar-refractivity contribution in [3.8, 4) is 0 Å². The average Bonchev–Trinajstić information content (AvgIpc) is 2.76. The predicted octanol–water partition coefficient (Wildman–Crippen LogP) is 4.00. The molecule has 3 rings (SSSR count). The third-order valence-electron chi connectivity index (χ3n) is 6.68. The second-order valence-corrected chi connectivity index (χ2v) is 9.01. The molecule has 33 heavy (non-hydrogen) atoms. The van der Waals surface area contributed by atoms with Gasteiger partial charge in [0.25, 0.3) is 5.91 Å². The van der Waals surface area contributed by atoms with Crippen molar-refractivity contribution < 1.29 is 36.2 Å². The maximum atomic E-state index is 13.0. The molecule has 1 saturated carbocycles. The lowest BCUT2D eigenvalue weighted by Gasteiger charge is -2.41. The maximum Gasteiger partial charge on any atom is 0.416 e. The molecule has 2 aliphatic rings. The summed E-state index contributed by atoms with van der Waals surface area (Å²) in [5.74, 6) is -0.966. The number of nitrogens with zero attached hydrogens (tertiary/aromatic N) is 1. The van der Waals surface area contributed by atoms with Crippen molar-refractivity contribution in [1.82, 2.24) is 10.2 Å². The van der Waals surface area contributed by atoms with Crippen molar-refractivity contribution in [3.63, 3.8) is 0 Å². The van der Waals surface area contributed by atoms with E-state index in [1.54, 1.807) is 0 Å². The Labute approximate surface area is 188 Å². The van der Waals surface area contributed by atoms with Crippen LogP contribution in [-0.4, -0.2) is 47.8 Å². The molecule has 4 N–H and O–H groups in total. The van der Waals surface area contributed by atoms with E-state index in [0.717, 1.165) is 25.7 Å². The summed E-state index contributed by atoms with van der Waals surface area (Å²) in [6.07, 6.45) is -5.54. The first-order valence-corrected chi connectivity index (χ1v) is 11.1. The number of benzene rings is 1. The van der Waals surface area contributed by atoms with Crippen LogP contribution in [-0.2, 0) is 12.4 Å². The summed E-state index contributed by atoms with van der Waals surface area (Å²) in [5.41, 5.74) is 2.42. The van der Waals surface area contributed by atoms with Gasteiger partial charge >= 0.3 is 12.4 Å². The zero-order valence-corrected chi connectivity index (χ0v) is 18.1. The molecule has 1 unspecified atom stereocenters. The smallest absolute Gasteiger partial charge is 0.378 e. The first-order chi connectivity index (χ1) is 15.4. The third-order valence-corrected chi connectivity index (χ3v) is 6.68. The number of piperidine rings is 1. The highest BCUT2D eigenvalue weighted by Gasteiger charge is 2.38. The molecule has 1 heterocycles. The lowest BCUT2D eigenvalue weighted by molar-refractivity contribution is -0.143. The van der Waals surface area contributed by atoms with E-state index in [2.05, 4.69) is 5.32 Å². The van der Waals surface area contributed by atoms with E-state index < -0.39 is 41.2 Å². The lowest BCUT2D eigenvalue weighted by Crippen LogP contribution is -2.51. The van der Waals surface area contributed by atoms with Crippen molar-refractivity contribution in [2.45, 2.75) is 63.1 Å². The van der Waals surface area contributed by atoms with E-state index in [-0.39, 0.29) is 30.5 Å². The zero-order valence-electron chi connectivity index (χ0n) is 18.1. The van der Waals surface area contributed by atoms with Gasteiger partial charge in [-0.15, -0.1) is 0 Å². The molecule has 1 saturated heterocycles. The number of hydrogen-bond acceptors (Lipinski definition) is 4. The van der Waals surface area contributed by atoms with Crippen molar-refractivity contribution in [3.05, 3.63) is 34.9 Å². The summed E-state index contributed by atoms with van der Waals surface area (Å²) in [4.78, 5) is 14.3. The Morgan fingerprint density at radius 2 is 1.55 bits per heavy atom. The van der Waals surface area contributed by atoms with Crippen LogP contribution in [0.4, 0.5) is 26.3 Å². The van der Waals surface area contributed by atoms with Crippen LogP contribution in [0.1, 0.15) is 60.0 Å². The van der Waals surface area contributed by atoms with Crippen molar-refractivity contribution in [2.24, 2.45) is 17.6 Å². The Morgan fingerprint density at radius 3 is 2.06 bits per heavy atom. The number of nitrogens with one attached hydrogen (secondary N) is 1. The van der Waals surface area contributed by atoms with E-state index in [9.17, 15) is 36.2 Å². The molecule has 0 bridgehead atoms. The summed E-state index contributed by atoms with van der Waals surface area (Å²) >= 11 is 0. The molecule has 5 nitrogen and oxygen atoms in total. The van der Waals surface area contributed by atoms with Crippen LogP contribution in [0.5, 0.6) is 0 Å². The fraction of sp³-hybridized carbons (Fsp3) is 0.682. The monoisotopic (exact) mass is 481 g/mol. The van der Waals surface area contributed by atoms with Crippen LogP contribution in [0.2, 0.25) is 0 Å². The van der Waals surface area contributed by atoms with Gasteiger partial charge < -0.3 is 16.2 Å². The molecular formula is C22H29F6N3O2. The minimum atomic E-state index is -5.01. The largest absolute Gasteiger partial charge is 0.416 e. The van der Waals surface area contributed by atoms with Gasteiger partial charge in [0.1, 0.15) is 6.23 Å². The number of likely N-dealkylation sites (tertiary alicyclic amines) is 1. The topological polar surface area (TPSA) is 78.6 Å². The van der Waals surface area contributed by atoms with Gasteiger partial charge in [-0.3, -0.25) is 9.69 Å². The SMILES string of the molecule is N[C@@H]1CCCC[C@H]1C(O)N1CCC(CNC(=O)c2cc(C(F)(F)F)cc(C(F)(F)F)c2)CC1. The van der Waals surface area contributed by atoms with E-state index in [4.69, 9.17) is 5.73 Å². The summed E-state index contributed by atoms with van der Waals surface area (Å²) in [6, 6.07) is 0.809. The summed E-state index contributed by atoms with van der Waals surface area (Å²) in [5, 5.41) is 13.2. The van der Waals surface area contributed by atoms with Gasteiger partial charge in [-0.2, -0.15) is 26.3 Å². The number of nitrogens with two attached hydrogens (primary N) is 1. The normalized spacial score (nSPS) is 24.5.